The van der Waals surface area contributed by atoms with Crippen molar-refractivity contribution in [3.8, 4) is 17.2 Å². The number of hydrogen-bond donors (Lipinski definition) is 0. The Hall–Kier alpha value is -2.54. The molecule has 0 N–H and O–H groups in total. The van der Waals surface area contributed by atoms with Gasteiger partial charge in [0, 0.05) is 0 Å². The lowest BCUT2D eigenvalue weighted by atomic mass is 9.54. The molecule has 4 aliphatic rings. The molecule has 0 spiro atoms. The highest BCUT2D eigenvalue weighted by atomic mass is 127. The van der Waals surface area contributed by atoms with Gasteiger partial charge in [0.25, 0.3) is 0 Å². The van der Waals surface area contributed by atoms with E-state index < -0.39 is 0 Å². The summed E-state index contributed by atoms with van der Waals surface area (Å²) >= 11 is -0.179. The summed E-state index contributed by atoms with van der Waals surface area (Å²) in [5, 5.41) is 0. The van der Waals surface area contributed by atoms with Crippen LogP contribution in [-0.2, 0) is 9.53 Å². The van der Waals surface area contributed by atoms with Gasteiger partial charge in [-0.15, -0.1) is 0 Å². The fourth-order valence-electron chi connectivity index (χ4n) is 6.48. The summed E-state index contributed by atoms with van der Waals surface area (Å²) in [4.78, 5) is 12.6. The molecule has 7 rings (SSSR count). The van der Waals surface area contributed by atoms with E-state index in [1.165, 1.54) is 26.4 Å². The van der Waals surface area contributed by atoms with Gasteiger partial charge in [-0.2, -0.15) is 0 Å². The molecular weight excluding hydrogens is 551 g/mol. The molecule has 0 atom stereocenters. The summed E-state index contributed by atoms with van der Waals surface area (Å²) in [5.41, 5.74) is -0.217. The normalized spacial score (nSPS) is 26.3. The summed E-state index contributed by atoms with van der Waals surface area (Å²) in [5.74, 6) is 4.20. The molecule has 4 nitrogen and oxygen atoms in total. The predicted octanol–water partition coefficient (Wildman–Crippen LogP) is 3.50. The van der Waals surface area contributed by atoms with Crippen LogP contribution in [0.5, 0.6) is 17.2 Å². The van der Waals surface area contributed by atoms with Crippen LogP contribution < -0.4 is 30.7 Å². The Labute approximate surface area is 217 Å². The van der Waals surface area contributed by atoms with E-state index in [2.05, 4.69) is 42.5 Å². The summed E-state index contributed by atoms with van der Waals surface area (Å²) in [6.45, 7) is -0.0477. The molecule has 0 radical (unpaired) electrons. The lowest BCUT2D eigenvalue weighted by Crippen LogP contribution is -3.61. The van der Waals surface area contributed by atoms with Crippen LogP contribution in [-0.4, -0.2) is 18.2 Å². The Morgan fingerprint density at radius 2 is 1.23 bits per heavy atom. The first-order valence-electron chi connectivity index (χ1n) is 12.5. The average Bonchev–Trinajstić information content (AvgIpc) is 2.84. The highest BCUT2D eigenvalue weighted by molar-refractivity contribution is 5.71. The molecule has 0 amide bonds. The van der Waals surface area contributed by atoms with Crippen LogP contribution in [0.3, 0.4) is 0 Å². The van der Waals surface area contributed by atoms with Crippen molar-refractivity contribution in [3.63, 3.8) is 0 Å². The molecule has 5 heteroatoms. The van der Waals surface area contributed by atoms with Gasteiger partial charge in [-0.3, -0.25) is 0 Å². The third kappa shape index (κ3) is 5.50. The standard InChI is InChI=1S/C30H30IO4/c32-29(35-30-17-21-14-22(18-30)16-23(15-21)19-30)20-33-26-10-12-28(13-11-26)34-27-8-6-25(7-9-27)31-24-4-2-1-3-5-24/h1-13,21-23H,14-20H2/q+1. The summed E-state index contributed by atoms with van der Waals surface area (Å²) in [6.07, 6.45) is 7.14. The third-order valence-electron chi connectivity index (χ3n) is 7.49. The maximum Gasteiger partial charge on any atom is 0.357 e. The molecule has 0 aliphatic heterocycles. The van der Waals surface area contributed by atoms with Crippen molar-refractivity contribution >= 4 is 5.97 Å². The number of carbonyl (C=O) groups excluding carboxylic acids is 1. The minimum absolute atomic E-state index is 0.0477. The zero-order valence-electron chi connectivity index (χ0n) is 19.7. The summed E-state index contributed by atoms with van der Waals surface area (Å²) in [6, 6.07) is 26.3. The fraction of sp³-hybridized carbons (Fsp3) is 0.367. The van der Waals surface area contributed by atoms with Gasteiger partial charge in [0.15, 0.2) is 13.7 Å². The van der Waals surface area contributed by atoms with E-state index >= 15 is 0 Å². The number of ether oxygens (including phenoxy) is 3. The molecule has 180 valence electrons. The van der Waals surface area contributed by atoms with Gasteiger partial charge in [-0.1, -0.05) is 18.2 Å². The van der Waals surface area contributed by atoms with Crippen LogP contribution >= 0.6 is 0 Å². The second-order valence-electron chi connectivity index (χ2n) is 10.3. The molecule has 4 fully saturated rings. The number of benzene rings is 3. The molecule has 4 bridgehead atoms. The quantitative estimate of drug-likeness (QED) is 0.302. The number of hydrogen-bond acceptors (Lipinski definition) is 4. The smallest absolute Gasteiger partial charge is 0.357 e. The van der Waals surface area contributed by atoms with E-state index in [1.54, 1.807) is 0 Å². The van der Waals surface area contributed by atoms with Crippen LogP contribution in [0.2, 0.25) is 0 Å². The van der Waals surface area contributed by atoms with Crippen molar-refractivity contribution in [3.05, 3.63) is 86.0 Å². The highest BCUT2D eigenvalue weighted by Gasteiger charge is 2.53. The Morgan fingerprint density at radius 1 is 0.714 bits per heavy atom. The zero-order chi connectivity index (χ0) is 23.7. The van der Waals surface area contributed by atoms with E-state index in [9.17, 15) is 4.79 Å². The number of esters is 1. The molecule has 3 aromatic carbocycles. The van der Waals surface area contributed by atoms with Crippen molar-refractivity contribution in [1.29, 1.82) is 0 Å². The van der Waals surface area contributed by atoms with Gasteiger partial charge in [0.2, 0.25) is 0 Å². The van der Waals surface area contributed by atoms with Gasteiger partial charge < -0.3 is 14.2 Å². The van der Waals surface area contributed by atoms with E-state index in [1.807, 2.05) is 36.4 Å². The summed E-state index contributed by atoms with van der Waals surface area (Å²) < 4.78 is 20.5. The maximum atomic E-state index is 12.6. The number of carbonyl (C=O) groups is 1. The second kappa shape index (κ2) is 9.84. The van der Waals surface area contributed by atoms with Crippen molar-refractivity contribution < 1.29 is 40.2 Å². The van der Waals surface area contributed by atoms with Crippen LogP contribution in [0.4, 0.5) is 0 Å². The first-order valence-corrected chi connectivity index (χ1v) is 14.7. The zero-order valence-corrected chi connectivity index (χ0v) is 21.9. The van der Waals surface area contributed by atoms with Gasteiger partial charge in [0.1, 0.15) is 22.8 Å². The molecule has 35 heavy (non-hydrogen) atoms. The molecule has 4 aliphatic carbocycles. The SMILES string of the molecule is O=C(COc1ccc(Oc2ccc([I+]c3ccccc3)cc2)cc1)OC12CC3CC(CC(C3)C1)C2. The van der Waals surface area contributed by atoms with E-state index in [0.717, 1.165) is 48.5 Å². The molecule has 4 saturated carbocycles. The second-order valence-corrected chi connectivity index (χ2v) is 13.3. The molecule has 0 aromatic heterocycles. The lowest BCUT2D eigenvalue weighted by Gasteiger charge is -2.55. The predicted molar refractivity (Wildman–Crippen MR) is 129 cm³/mol. The van der Waals surface area contributed by atoms with Gasteiger partial charge in [-0.05, 0) is 117 Å². The number of rotatable bonds is 8. The Balaban J connectivity index is 0.988. The maximum absolute atomic E-state index is 12.6. The minimum Gasteiger partial charge on any atom is -0.482 e. The molecule has 0 unspecified atom stereocenters. The topological polar surface area (TPSA) is 44.8 Å². The Bertz CT molecular complexity index is 1120. The monoisotopic (exact) mass is 581 g/mol. The van der Waals surface area contributed by atoms with Crippen LogP contribution in [0.1, 0.15) is 38.5 Å². The molecule has 0 heterocycles. The van der Waals surface area contributed by atoms with E-state index in [4.69, 9.17) is 14.2 Å². The largest absolute Gasteiger partial charge is 0.482 e. The van der Waals surface area contributed by atoms with E-state index in [0.29, 0.717) is 5.75 Å². The lowest BCUT2D eigenvalue weighted by molar-refractivity contribution is -0.597. The fourth-order valence-corrected chi connectivity index (χ4v) is 8.69. The first-order chi connectivity index (χ1) is 17.1. The van der Waals surface area contributed by atoms with Crippen molar-refractivity contribution in [1.82, 2.24) is 0 Å². The van der Waals surface area contributed by atoms with Crippen LogP contribution in [0.25, 0.3) is 0 Å². The van der Waals surface area contributed by atoms with E-state index in [-0.39, 0.29) is 39.4 Å². The van der Waals surface area contributed by atoms with Gasteiger partial charge >= 0.3 is 27.2 Å². The van der Waals surface area contributed by atoms with Crippen molar-refractivity contribution in [2.45, 2.75) is 44.1 Å². The molecule has 3 aromatic rings. The summed E-state index contributed by atoms with van der Waals surface area (Å²) in [7, 11) is 0. The van der Waals surface area contributed by atoms with Crippen molar-refractivity contribution in [2.75, 3.05) is 6.61 Å². The Morgan fingerprint density at radius 3 is 1.83 bits per heavy atom. The van der Waals surface area contributed by atoms with Crippen molar-refractivity contribution in [2.24, 2.45) is 17.8 Å². The first kappa shape index (κ1) is 22.9. The van der Waals surface area contributed by atoms with Crippen LogP contribution in [0.15, 0.2) is 78.9 Å². The van der Waals surface area contributed by atoms with Gasteiger partial charge in [-0.25, -0.2) is 4.79 Å². The van der Waals surface area contributed by atoms with Gasteiger partial charge in [0.05, 0.1) is 0 Å². The van der Waals surface area contributed by atoms with Crippen LogP contribution in [0, 0.1) is 24.9 Å². The minimum atomic E-state index is -0.245. The molecular formula is C30H30IO4+. The third-order valence-corrected chi connectivity index (χ3v) is 10.2. The Kier molecular flexibility index (Phi) is 6.44. The molecule has 0 saturated heterocycles. The number of halogens is 1. The average molecular weight is 581 g/mol. The highest BCUT2D eigenvalue weighted by Crippen LogP contribution is 2.57.